The molecule has 1 heterocycles. The maximum absolute atomic E-state index is 12.9. The molecule has 0 radical (unpaired) electrons. The summed E-state index contributed by atoms with van der Waals surface area (Å²) in [6, 6.07) is 8.92. The van der Waals surface area contributed by atoms with Crippen molar-refractivity contribution in [1.29, 1.82) is 0 Å². The minimum absolute atomic E-state index is 0.191. The summed E-state index contributed by atoms with van der Waals surface area (Å²) in [7, 11) is -0.385. The van der Waals surface area contributed by atoms with E-state index in [4.69, 9.17) is 14.2 Å². The first-order valence-corrected chi connectivity index (χ1v) is 12.7. The molecule has 0 saturated heterocycles. The summed E-state index contributed by atoms with van der Waals surface area (Å²) in [6.07, 6.45) is 0.215. The van der Waals surface area contributed by atoms with E-state index >= 15 is 0 Å². The fourth-order valence-electron chi connectivity index (χ4n) is 3.99. The molecule has 9 heteroatoms. The molecule has 0 aromatic heterocycles. The van der Waals surface area contributed by atoms with Crippen LogP contribution in [0.3, 0.4) is 0 Å². The number of ketones is 2. The average Bonchev–Trinajstić information content (AvgIpc) is 2.83. The summed E-state index contributed by atoms with van der Waals surface area (Å²) in [6.45, 7) is 6.90. The average molecular weight is 496 g/mol. The Hall–Kier alpha value is -3.14. The second-order valence-electron chi connectivity index (χ2n) is 7.66. The van der Waals surface area contributed by atoms with Crippen LogP contribution in [0.1, 0.15) is 38.3 Å². The van der Waals surface area contributed by atoms with Gasteiger partial charge in [-0.25, -0.2) is 9.59 Å². The molecule has 7 nitrogen and oxygen atoms in total. The first-order chi connectivity index (χ1) is 16.4. The van der Waals surface area contributed by atoms with Crippen LogP contribution in [0.4, 0.5) is 9.59 Å². The van der Waals surface area contributed by atoms with Crippen LogP contribution in [0, 0.1) is 0 Å². The molecule has 0 N–H and O–H groups in total. The van der Waals surface area contributed by atoms with Gasteiger partial charge in [0.1, 0.15) is 12.4 Å². The fourth-order valence-corrected chi connectivity index (χ4v) is 4.68. The molecule has 2 aromatic carbocycles. The smallest absolute Gasteiger partial charge is 0.327 e. The monoisotopic (exact) mass is 496 g/mol. The van der Waals surface area contributed by atoms with E-state index < -0.39 is 17.5 Å². The van der Waals surface area contributed by atoms with Gasteiger partial charge in [0.25, 0.3) is 0 Å². The number of hydrogen-bond donors (Lipinski definition) is 0. The van der Waals surface area contributed by atoms with Gasteiger partial charge in [-0.05, 0) is 47.7 Å². The molecule has 2 aliphatic rings. The zero-order chi connectivity index (χ0) is 24.2. The Morgan fingerprint density at radius 3 is 2.53 bits per heavy atom. The van der Waals surface area contributed by atoms with E-state index in [1.165, 1.54) is 11.6 Å². The van der Waals surface area contributed by atoms with Crippen LogP contribution < -0.4 is 4.74 Å². The molecule has 0 bridgehead atoms. The predicted octanol–water partition coefficient (Wildman–Crippen LogP) is 5.84. The Balaban J connectivity index is 1.55. The lowest BCUT2D eigenvalue weighted by atomic mass is 9.84. The van der Waals surface area contributed by atoms with Gasteiger partial charge in [-0.15, -0.1) is 0 Å². The number of Topliss-reactive ketones (excluding diaryl/α,β-unsaturated/α-hetero) is 2. The summed E-state index contributed by atoms with van der Waals surface area (Å²) in [5, 5.41) is 0. The van der Waals surface area contributed by atoms with Crippen molar-refractivity contribution in [2.75, 3.05) is 6.61 Å². The topological polar surface area (TPSA) is 96.0 Å². The van der Waals surface area contributed by atoms with E-state index in [2.05, 4.69) is 13.2 Å². The number of carbonyl (C=O) groups is 4. The van der Waals surface area contributed by atoms with Crippen molar-refractivity contribution in [2.24, 2.45) is 0 Å². The molecule has 2 aromatic rings. The van der Waals surface area contributed by atoms with Gasteiger partial charge in [0.15, 0.2) is 18.5 Å². The van der Waals surface area contributed by atoms with Gasteiger partial charge >= 0.3 is 11.4 Å². The molecular formula is C25H22O7P2. The molecule has 1 aliphatic heterocycles. The summed E-state index contributed by atoms with van der Waals surface area (Å²) in [5.74, 6) is 2.96. The minimum Gasteiger partial charge on any atom is -0.488 e. The van der Waals surface area contributed by atoms with E-state index in [0.717, 1.165) is 22.3 Å². The van der Waals surface area contributed by atoms with Crippen LogP contribution in [0.25, 0.3) is 11.1 Å². The van der Waals surface area contributed by atoms with Crippen LogP contribution in [0.15, 0.2) is 55.1 Å². The SMILES string of the molecule is C=CPC(=O)OCC(=O)c1ccc2c(c1)COc1cc3c(cc1-2)CCC(OC(=O)PC=C)C3=O. The minimum atomic E-state index is -0.795. The maximum atomic E-state index is 12.9. The largest absolute Gasteiger partial charge is 0.488 e. The molecule has 0 amide bonds. The Morgan fingerprint density at radius 1 is 1.00 bits per heavy atom. The lowest BCUT2D eigenvalue weighted by molar-refractivity contribution is 0.0657. The van der Waals surface area contributed by atoms with E-state index in [-0.39, 0.29) is 41.9 Å². The van der Waals surface area contributed by atoms with E-state index in [1.54, 1.807) is 18.2 Å². The quantitative estimate of drug-likeness (QED) is 0.334. The lowest BCUT2D eigenvalue weighted by Gasteiger charge is -2.27. The van der Waals surface area contributed by atoms with Gasteiger partial charge in [0.05, 0.1) is 0 Å². The molecule has 1 aliphatic carbocycles. The van der Waals surface area contributed by atoms with E-state index in [9.17, 15) is 19.2 Å². The highest BCUT2D eigenvalue weighted by Gasteiger charge is 2.32. The van der Waals surface area contributed by atoms with E-state index in [0.29, 0.717) is 29.7 Å². The van der Waals surface area contributed by atoms with Crippen molar-refractivity contribution in [2.45, 2.75) is 25.6 Å². The number of ether oxygens (including phenoxy) is 3. The molecule has 174 valence electrons. The molecule has 34 heavy (non-hydrogen) atoms. The zero-order valence-electron chi connectivity index (χ0n) is 18.2. The summed E-state index contributed by atoms with van der Waals surface area (Å²) < 4.78 is 16.2. The van der Waals surface area contributed by atoms with Crippen LogP contribution in [0.5, 0.6) is 5.75 Å². The molecule has 0 fully saturated rings. The van der Waals surface area contributed by atoms with Crippen LogP contribution in [-0.2, 0) is 22.5 Å². The third kappa shape index (κ3) is 5.01. The number of rotatable bonds is 8. The van der Waals surface area contributed by atoms with Crippen LogP contribution >= 0.6 is 17.2 Å². The first kappa shape index (κ1) is 24.0. The van der Waals surface area contributed by atoms with Crippen molar-refractivity contribution in [3.8, 4) is 16.9 Å². The first-order valence-electron chi connectivity index (χ1n) is 10.5. The number of fused-ring (bicyclic) bond motifs is 4. The maximum Gasteiger partial charge on any atom is 0.327 e. The molecular weight excluding hydrogens is 474 g/mol. The molecule has 3 unspecified atom stereocenters. The van der Waals surface area contributed by atoms with E-state index in [1.807, 2.05) is 12.1 Å². The van der Waals surface area contributed by atoms with Crippen molar-refractivity contribution >= 4 is 40.1 Å². The number of aryl methyl sites for hydroxylation is 1. The molecule has 4 rings (SSSR count). The molecule has 0 spiro atoms. The highest BCUT2D eigenvalue weighted by molar-refractivity contribution is 7.60. The Morgan fingerprint density at radius 2 is 1.76 bits per heavy atom. The van der Waals surface area contributed by atoms with Crippen LogP contribution in [-0.4, -0.2) is 35.7 Å². The normalized spacial score (nSPS) is 16.4. The summed E-state index contributed by atoms with van der Waals surface area (Å²) in [4.78, 5) is 48.7. The highest BCUT2D eigenvalue weighted by Crippen LogP contribution is 2.41. The third-order valence-corrected chi connectivity index (χ3v) is 6.71. The van der Waals surface area contributed by atoms with Gasteiger partial charge in [-0.3, -0.25) is 9.59 Å². The summed E-state index contributed by atoms with van der Waals surface area (Å²) in [5.41, 5.74) is 3.47. The van der Waals surface area contributed by atoms with Crippen molar-refractivity contribution < 1.29 is 33.4 Å². The standard InChI is InChI=1S/C25H22O7P2/c1-3-33-24(28)31-13-20(26)15-5-7-17-16(9-15)12-30-22-11-18-14(10-19(17)22)6-8-21(23(18)27)32-25(29)34-4-2/h3-5,7,9-11,21,33-34H,1-2,6,8,12-13H2. The van der Waals surface area contributed by atoms with Gasteiger partial charge < -0.3 is 14.2 Å². The fraction of sp³-hybridized carbons (Fsp3) is 0.200. The van der Waals surface area contributed by atoms with Crippen LogP contribution in [0.2, 0.25) is 0 Å². The Labute approximate surface area is 200 Å². The van der Waals surface area contributed by atoms with Crippen molar-refractivity contribution in [3.63, 3.8) is 0 Å². The number of hydrogen-bond acceptors (Lipinski definition) is 7. The Kier molecular flexibility index (Phi) is 7.35. The van der Waals surface area contributed by atoms with Gasteiger partial charge in [-0.1, -0.05) is 36.9 Å². The van der Waals surface area contributed by atoms with Crippen molar-refractivity contribution in [3.05, 3.63) is 77.4 Å². The second-order valence-corrected chi connectivity index (χ2v) is 9.87. The molecule has 3 atom stereocenters. The van der Waals surface area contributed by atoms with Gasteiger partial charge in [-0.2, -0.15) is 0 Å². The summed E-state index contributed by atoms with van der Waals surface area (Å²) >= 11 is 0. The number of carbonyl (C=O) groups excluding carboxylic acids is 4. The second kappa shape index (κ2) is 10.4. The predicted molar refractivity (Wildman–Crippen MR) is 132 cm³/mol. The third-order valence-electron chi connectivity index (χ3n) is 5.56. The highest BCUT2D eigenvalue weighted by atomic mass is 31.1. The zero-order valence-corrected chi connectivity index (χ0v) is 20.2. The van der Waals surface area contributed by atoms with Crippen molar-refractivity contribution in [1.82, 2.24) is 0 Å². The molecule has 0 saturated carbocycles. The Bertz CT molecular complexity index is 1220. The lowest BCUT2D eigenvalue weighted by Crippen LogP contribution is -2.31. The number of benzene rings is 2. The van der Waals surface area contributed by atoms with Gasteiger partial charge in [0.2, 0.25) is 5.78 Å². The van der Waals surface area contributed by atoms with Gasteiger partial charge in [0, 0.05) is 33.9 Å².